The number of carboxylic acids is 1. The van der Waals surface area contributed by atoms with Crippen LogP contribution in [0.25, 0.3) is 0 Å². The molecule has 2 aromatic rings. The fourth-order valence-corrected chi connectivity index (χ4v) is 5.86. The maximum Gasteiger partial charge on any atom is 0.305 e. The van der Waals surface area contributed by atoms with E-state index in [1.807, 2.05) is 30.5 Å². The molecule has 2 aliphatic rings. The summed E-state index contributed by atoms with van der Waals surface area (Å²) in [6.45, 7) is 8.13. The zero-order chi connectivity index (χ0) is 27.3. The highest BCUT2D eigenvalue weighted by atomic mass is 35.5. The first-order chi connectivity index (χ1) is 18.1. The highest BCUT2D eigenvalue weighted by Gasteiger charge is 2.49. The van der Waals surface area contributed by atoms with Crippen LogP contribution in [0.2, 0.25) is 5.02 Å². The van der Waals surface area contributed by atoms with Crippen molar-refractivity contribution < 1.29 is 19.7 Å². The third-order valence-corrected chi connectivity index (χ3v) is 8.14. The van der Waals surface area contributed by atoms with Gasteiger partial charge in [0.2, 0.25) is 0 Å². The predicted octanol–water partition coefficient (Wildman–Crippen LogP) is 6.07. The van der Waals surface area contributed by atoms with Gasteiger partial charge >= 0.3 is 5.97 Å². The molecule has 2 aromatic carbocycles. The van der Waals surface area contributed by atoms with Gasteiger partial charge in [-0.2, -0.15) is 0 Å². The number of hydrogen-bond acceptors (Lipinski definition) is 5. The van der Waals surface area contributed by atoms with Crippen molar-refractivity contribution in [3.05, 3.63) is 82.0 Å². The molecular weight excluding hydrogens is 500 g/mol. The molecule has 0 bridgehead atoms. The van der Waals surface area contributed by atoms with Crippen LogP contribution in [0.15, 0.2) is 60.3 Å². The Labute approximate surface area is 231 Å². The summed E-state index contributed by atoms with van der Waals surface area (Å²) in [5.41, 5.74) is 4.17. The fourth-order valence-electron chi connectivity index (χ4n) is 5.58. The summed E-state index contributed by atoms with van der Waals surface area (Å²) in [7, 11) is 0. The maximum absolute atomic E-state index is 11.2. The molecule has 0 spiro atoms. The van der Waals surface area contributed by atoms with E-state index in [2.05, 4.69) is 50.4 Å². The lowest BCUT2D eigenvalue weighted by Gasteiger charge is -2.44. The first kappa shape index (κ1) is 28.6. The fraction of sp³-hybridized carbons (Fsp3) is 0.516. The average molecular weight is 541 g/mol. The summed E-state index contributed by atoms with van der Waals surface area (Å²) in [6, 6.07) is 16.5. The molecule has 6 nitrogen and oxygen atoms in total. The van der Waals surface area contributed by atoms with Crippen molar-refractivity contribution in [2.24, 2.45) is 11.3 Å². The van der Waals surface area contributed by atoms with Gasteiger partial charge in [-0.3, -0.25) is 10.1 Å². The number of nitrogens with one attached hydrogen (secondary N) is 1. The minimum absolute atomic E-state index is 0.0469. The molecule has 206 valence electrons. The Bertz CT molecular complexity index is 1130. The van der Waals surface area contributed by atoms with E-state index >= 15 is 0 Å². The molecule has 0 aromatic heterocycles. The van der Waals surface area contributed by atoms with Crippen molar-refractivity contribution in [3.63, 3.8) is 0 Å². The topological polar surface area (TPSA) is 82.0 Å². The number of ether oxygens (including phenoxy) is 1. The molecule has 1 aliphatic heterocycles. The minimum atomic E-state index is -0.981. The number of fused-ring (bicyclic) bond motifs is 1. The minimum Gasteiger partial charge on any atom is -0.481 e. The summed E-state index contributed by atoms with van der Waals surface area (Å²) >= 11 is 6.81. The Balaban J connectivity index is 1.55. The number of nitrogens with zero attached hydrogens (tertiary/aromatic N) is 1. The number of hydrogen-bond donors (Lipinski definition) is 3. The Kier molecular flexibility index (Phi) is 9.19. The smallest absolute Gasteiger partial charge is 0.305 e. The van der Waals surface area contributed by atoms with Crippen molar-refractivity contribution in [3.8, 4) is 0 Å². The number of benzene rings is 2. The highest BCUT2D eigenvalue weighted by molar-refractivity contribution is 6.31. The molecule has 1 aliphatic carbocycles. The molecule has 3 N–H and O–H groups in total. The van der Waals surface area contributed by atoms with Gasteiger partial charge in [-0.25, -0.2) is 0 Å². The number of carboxylic acid groups (broad SMARTS) is 1. The Morgan fingerprint density at radius 1 is 1.21 bits per heavy atom. The summed E-state index contributed by atoms with van der Waals surface area (Å²) in [4.78, 5) is 12.9. The molecule has 3 unspecified atom stereocenters. The van der Waals surface area contributed by atoms with Gasteiger partial charge < -0.3 is 19.8 Å². The van der Waals surface area contributed by atoms with Crippen molar-refractivity contribution in [2.45, 2.75) is 77.8 Å². The lowest BCUT2D eigenvalue weighted by molar-refractivity contribution is -0.138. The monoisotopic (exact) mass is 540 g/mol. The van der Waals surface area contributed by atoms with Gasteiger partial charge in [0.25, 0.3) is 0 Å². The number of carbonyl (C=O) groups is 1. The van der Waals surface area contributed by atoms with Crippen molar-refractivity contribution in [1.82, 2.24) is 10.2 Å². The van der Waals surface area contributed by atoms with Crippen LogP contribution in [-0.4, -0.2) is 40.6 Å². The normalized spacial score (nSPS) is 23.3. The molecule has 0 radical (unpaired) electrons. The molecule has 1 saturated carbocycles. The van der Waals surface area contributed by atoms with Crippen LogP contribution in [0.5, 0.6) is 0 Å². The van der Waals surface area contributed by atoms with Crippen molar-refractivity contribution >= 4 is 17.6 Å². The van der Waals surface area contributed by atoms with Gasteiger partial charge in [0, 0.05) is 24.4 Å². The summed E-state index contributed by atoms with van der Waals surface area (Å²) < 4.78 is 6.01. The first-order valence-electron chi connectivity index (χ1n) is 13.6. The zero-order valence-electron chi connectivity index (χ0n) is 22.8. The Morgan fingerprint density at radius 3 is 2.66 bits per heavy atom. The van der Waals surface area contributed by atoms with E-state index in [0.29, 0.717) is 13.2 Å². The predicted molar refractivity (Wildman–Crippen MR) is 151 cm³/mol. The van der Waals surface area contributed by atoms with Crippen LogP contribution in [0.1, 0.15) is 69.6 Å². The van der Waals surface area contributed by atoms with Crippen molar-refractivity contribution in [2.75, 3.05) is 13.2 Å². The van der Waals surface area contributed by atoms with E-state index in [-0.39, 0.29) is 24.3 Å². The standard InChI is InChI=1S/C31H41ClN2O4/c1-30(2,3)15-11-24-9-10-25(19-27(24)32)31-16-12-23(14-18-38-21-22-7-5-4-6-8-22)26(31)20-34(29(37)33-31)17-13-28(35)36/h4-10,19-20,23,29,33,37H,11-18,21H2,1-3H3,(H,35,36). The molecular formula is C31H41ClN2O4. The van der Waals surface area contributed by atoms with Gasteiger partial charge in [0.15, 0.2) is 6.35 Å². The average Bonchev–Trinajstić information content (AvgIpc) is 3.22. The lowest BCUT2D eigenvalue weighted by atomic mass is 9.80. The summed E-state index contributed by atoms with van der Waals surface area (Å²) in [5, 5.41) is 24.4. The molecule has 7 heteroatoms. The Hall–Kier alpha value is -2.38. The first-order valence-corrected chi connectivity index (χ1v) is 14.0. The van der Waals surface area contributed by atoms with E-state index in [4.69, 9.17) is 16.3 Å². The number of halogens is 1. The lowest BCUT2D eigenvalue weighted by Crippen LogP contribution is -2.57. The van der Waals surface area contributed by atoms with Crippen molar-refractivity contribution in [1.29, 1.82) is 0 Å². The Morgan fingerprint density at radius 2 is 1.97 bits per heavy atom. The van der Waals surface area contributed by atoms with E-state index in [9.17, 15) is 15.0 Å². The molecule has 1 fully saturated rings. The van der Waals surface area contributed by atoms with E-state index in [1.165, 1.54) is 0 Å². The second-order valence-corrected chi connectivity index (χ2v) is 12.2. The zero-order valence-corrected chi connectivity index (χ0v) is 23.5. The number of aliphatic hydroxyl groups excluding tert-OH is 1. The van der Waals surface area contributed by atoms with Crippen LogP contribution in [0.3, 0.4) is 0 Å². The van der Waals surface area contributed by atoms with Gasteiger partial charge in [-0.1, -0.05) is 74.8 Å². The molecule has 4 rings (SSSR count). The number of aliphatic carboxylic acids is 1. The third kappa shape index (κ3) is 6.97. The van der Waals surface area contributed by atoms with Crippen LogP contribution in [-0.2, 0) is 28.1 Å². The van der Waals surface area contributed by atoms with Gasteiger partial charge in [0.05, 0.1) is 18.6 Å². The quantitative estimate of drug-likeness (QED) is 0.300. The van der Waals surface area contributed by atoms with E-state index < -0.39 is 17.9 Å². The maximum atomic E-state index is 11.2. The summed E-state index contributed by atoms with van der Waals surface area (Å²) in [6.07, 6.45) is 5.53. The molecule has 0 saturated heterocycles. The van der Waals surface area contributed by atoms with Crippen LogP contribution >= 0.6 is 11.6 Å². The molecule has 1 heterocycles. The van der Waals surface area contributed by atoms with Gasteiger partial charge in [-0.05, 0) is 71.8 Å². The second-order valence-electron chi connectivity index (χ2n) is 11.8. The summed E-state index contributed by atoms with van der Waals surface area (Å²) in [5.74, 6) is -0.639. The largest absolute Gasteiger partial charge is 0.481 e. The van der Waals surface area contributed by atoms with E-state index in [1.54, 1.807) is 4.90 Å². The highest BCUT2D eigenvalue weighted by Crippen LogP contribution is 2.50. The SMILES string of the molecule is CC(C)(C)CCc1ccc(C23CCC(CCOCc4ccccc4)C2=CN(CCC(=O)O)C(O)N3)cc1Cl. The van der Waals surface area contributed by atoms with Crippen LogP contribution < -0.4 is 5.32 Å². The van der Waals surface area contributed by atoms with Crippen LogP contribution in [0.4, 0.5) is 0 Å². The number of aryl methyl sites for hydroxylation is 1. The molecule has 3 atom stereocenters. The van der Waals surface area contributed by atoms with Gasteiger partial charge in [-0.15, -0.1) is 0 Å². The second kappa shape index (κ2) is 12.2. The molecule has 0 amide bonds. The number of rotatable bonds is 11. The number of aliphatic hydroxyl groups is 1. The third-order valence-electron chi connectivity index (χ3n) is 7.79. The molecule has 38 heavy (non-hydrogen) atoms. The van der Waals surface area contributed by atoms with Crippen LogP contribution in [0, 0.1) is 11.3 Å². The van der Waals surface area contributed by atoms with Gasteiger partial charge in [0.1, 0.15) is 0 Å². The van der Waals surface area contributed by atoms with E-state index in [0.717, 1.165) is 59.4 Å².